The van der Waals surface area contributed by atoms with Crippen LogP contribution in [0.5, 0.6) is 5.75 Å². The van der Waals surface area contributed by atoms with Crippen LogP contribution in [0.25, 0.3) is 5.69 Å². The summed E-state index contributed by atoms with van der Waals surface area (Å²) in [6, 6.07) is 8.65. The second kappa shape index (κ2) is 4.24. The third-order valence-electron chi connectivity index (χ3n) is 2.25. The predicted molar refractivity (Wildman–Crippen MR) is 62.4 cm³/mol. The van der Waals surface area contributed by atoms with Gasteiger partial charge in [0.15, 0.2) is 0 Å². The van der Waals surface area contributed by atoms with Crippen molar-refractivity contribution in [3.05, 3.63) is 36.0 Å². The summed E-state index contributed by atoms with van der Waals surface area (Å²) in [5, 5.41) is 16.5. The lowest BCUT2D eigenvalue weighted by atomic mass is 10.3. The minimum Gasteiger partial charge on any atom is -0.508 e. The van der Waals surface area contributed by atoms with E-state index < -0.39 is 0 Å². The minimum absolute atomic E-state index is 0.235. The Labute approximate surface area is 93.5 Å². The van der Waals surface area contributed by atoms with Gasteiger partial charge in [-0.3, -0.25) is 0 Å². The van der Waals surface area contributed by atoms with Gasteiger partial charge in [0.25, 0.3) is 0 Å². The summed E-state index contributed by atoms with van der Waals surface area (Å²) < 4.78 is 1.76. The van der Waals surface area contributed by atoms with E-state index in [1.807, 2.05) is 13.1 Å². The Kier molecular flexibility index (Phi) is 2.78. The number of hydrogen-bond donors (Lipinski definition) is 3. The van der Waals surface area contributed by atoms with Gasteiger partial charge in [0.05, 0.1) is 11.4 Å². The molecule has 0 aliphatic carbocycles. The average molecular weight is 218 g/mol. The number of aromatic nitrogens is 2. The maximum Gasteiger partial charge on any atom is 0.146 e. The Hall–Kier alpha value is -2.01. The summed E-state index contributed by atoms with van der Waals surface area (Å²) in [7, 11) is 1.87. The molecule has 0 saturated heterocycles. The second-order valence-electron chi connectivity index (χ2n) is 3.52. The Morgan fingerprint density at radius 1 is 1.38 bits per heavy atom. The van der Waals surface area contributed by atoms with E-state index in [1.165, 1.54) is 0 Å². The van der Waals surface area contributed by atoms with Crippen LogP contribution in [0.15, 0.2) is 30.3 Å². The number of aromatic hydroxyl groups is 1. The normalized spacial score (nSPS) is 10.6. The predicted octanol–water partition coefficient (Wildman–Crippen LogP) is 0.879. The van der Waals surface area contributed by atoms with Gasteiger partial charge < -0.3 is 16.2 Å². The molecule has 0 aliphatic heterocycles. The zero-order valence-electron chi connectivity index (χ0n) is 9.01. The molecule has 0 amide bonds. The van der Waals surface area contributed by atoms with Crippen LogP contribution in [0.4, 0.5) is 5.82 Å². The number of benzene rings is 1. The van der Waals surface area contributed by atoms with Crippen LogP contribution >= 0.6 is 0 Å². The molecule has 1 heterocycles. The number of phenolic OH excluding ortho intramolecular Hbond substituents is 1. The van der Waals surface area contributed by atoms with Crippen LogP contribution in [0.2, 0.25) is 0 Å². The lowest BCUT2D eigenvalue weighted by Crippen LogP contribution is -2.10. The lowest BCUT2D eigenvalue weighted by molar-refractivity contribution is 0.475. The van der Waals surface area contributed by atoms with Gasteiger partial charge in [0.2, 0.25) is 0 Å². The fraction of sp³-hybridized carbons (Fsp3) is 0.182. The molecule has 0 atom stereocenters. The van der Waals surface area contributed by atoms with Crippen molar-refractivity contribution in [3.63, 3.8) is 0 Å². The van der Waals surface area contributed by atoms with Crippen molar-refractivity contribution in [3.8, 4) is 11.4 Å². The van der Waals surface area contributed by atoms with Crippen molar-refractivity contribution in [2.75, 3.05) is 12.8 Å². The number of nitrogen functional groups attached to an aromatic ring is 1. The summed E-state index contributed by atoms with van der Waals surface area (Å²) in [6.07, 6.45) is 0. The van der Waals surface area contributed by atoms with Gasteiger partial charge in [-0.15, -0.1) is 0 Å². The molecule has 0 spiro atoms. The van der Waals surface area contributed by atoms with Gasteiger partial charge in [-0.25, -0.2) is 4.68 Å². The van der Waals surface area contributed by atoms with Gasteiger partial charge in [-0.1, -0.05) is 0 Å². The van der Waals surface area contributed by atoms with E-state index >= 15 is 0 Å². The summed E-state index contributed by atoms with van der Waals surface area (Å²) in [5.74, 6) is 0.720. The van der Waals surface area contributed by atoms with E-state index in [-0.39, 0.29) is 5.75 Å². The number of nitrogens with two attached hydrogens (primary N) is 1. The highest BCUT2D eigenvalue weighted by Gasteiger charge is 2.06. The smallest absolute Gasteiger partial charge is 0.146 e. The quantitative estimate of drug-likeness (QED) is 0.714. The molecule has 0 aliphatic rings. The van der Waals surface area contributed by atoms with Gasteiger partial charge in [-0.2, -0.15) is 5.10 Å². The van der Waals surface area contributed by atoms with Gasteiger partial charge in [-0.05, 0) is 31.3 Å². The summed E-state index contributed by atoms with van der Waals surface area (Å²) in [5.41, 5.74) is 7.52. The number of nitrogens with zero attached hydrogens (tertiary/aromatic N) is 2. The molecule has 0 bridgehead atoms. The molecule has 2 rings (SSSR count). The molecule has 5 nitrogen and oxygen atoms in total. The first-order valence-electron chi connectivity index (χ1n) is 4.99. The maximum atomic E-state index is 9.21. The van der Waals surface area contributed by atoms with Crippen molar-refractivity contribution in [2.24, 2.45) is 0 Å². The molecular weight excluding hydrogens is 204 g/mol. The summed E-state index contributed by atoms with van der Waals surface area (Å²) in [4.78, 5) is 0. The third-order valence-corrected chi connectivity index (χ3v) is 2.25. The monoisotopic (exact) mass is 218 g/mol. The third kappa shape index (κ3) is 1.99. The molecule has 1 aromatic carbocycles. The van der Waals surface area contributed by atoms with E-state index in [0.717, 1.165) is 11.4 Å². The molecule has 0 radical (unpaired) electrons. The molecule has 0 saturated carbocycles. The minimum atomic E-state index is 0.235. The van der Waals surface area contributed by atoms with Crippen molar-refractivity contribution in [2.45, 2.75) is 6.54 Å². The van der Waals surface area contributed by atoms with Gasteiger partial charge in [0, 0.05) is 12.6 Å². The van der Waals surface area contributed by atoms with E-state index in [0.29, 0.717) is 12.4 Å². The summed E-state index contributed by atoms with van der Waals surface area (Å²) >= 11 is 0. The van der Waals surface area contributed by atoms with E-state index in [9.17, 15) is 5.11 Å². The first-order valence-corrected chi connectivity index (χ1v) is 4.99. The SMILES string of the molecule is CNCc1cc(N)nn1-c1ccc(O)cc1. The fourth-order valence-electron chi connectivity index (χ4n) is 1.56. The van der Waals surface area contributed by atoms with Crippen LogP contribution < -0.4 is 11.1 Å². The number of hydrogen-bond acceptors (Lipinski definition) is 4. The molecule has 2 aromatic rings. The van der Waals surface area contributed by atoms with E-state index in [2.05, 4.69) is 10.4 Å². The van der Waals surface area contributed by atoms with Crippen molar-refractivity contribution in [1.82, 2.24) is 15.1 Å². The fourth-order valence-corrected chi connectivity index (χ4v) is 1.56. The highest BCUT2D eigenvalue weighted by atomic mass is 16.3. The zero-order valence-corrected chi connectivity index (χ0v) is 9.01. The standard InChI is InChI=1S/C11H14N4O/c1-13-7-9-6-11(12)14-15(9)8-2-4-10(16)5-3-8/h2-6,13,16H,7H2,1H3,(H2,12,14). The van der Waals surface area contributed by atoms with Crippen LogP contribution in [0, 0.1) is 0 Å². The maximum absolute atomic E-state index is 9.21. The Morgan fingerprint density at radius 2 is 2.06 bits per heavy atom. The summed E-state index contributed by atoms with van der Waals surface area (Å²) in [6.45, 7) is 0.686. The Morgan fingerprint density at radius 3 is 2.69 bits per heavy atom. The van der Waals surface area contributed by atoms with E-state index in [1.54, 1.807) is 28.9 Å². The number of rotatable bonds is 3. The highest BCUT2D eigenvalue weighted by Crippen LogP contribution is 2.16. The molecule has 84 valence electrons. The van der Waals surface area contributed by atoms with Crippen LogP contribution in [0.1, 0.15) is 5.69 Å². The first kappa shape index (κ1) is 10.5. The van der Waals surface area contributed by atoms with Crippen LogP contribution in [-0.2, 0) is 6.54 Å². The number of anilines is 1. The zero-order chi connectivity index (χ0) is 11.5. The number of nitrogens with one attached hydrogen (secondary N) is 1. The molecule has 4 N–H and O–H groups in total. The Bertz CT molecular complexity index is 475. The largest absolute Gasteiger partial charge is 0.508 e. The average Bonchev–Trinajstić information content (AvgIpc) is 2.61. The molecule has 16 heavy (non-hydrogen) atoms. The highest BCUT2D eigenvalue weighted by molar-refractivity contribution is 5.41. The van der Waals surface area contributed by atoms with Crippen LogP contribution in [-0.4, -0.2) is 21.9 Å². The van der Waals surface area contributed by atoms with Crippen LogP contribution in [0.3, 0.4) is 0 Å². The van der Waals surface area contributed by atoms with Crippen molar-refractivity contribution in [1.29, 1.82) is 0 Å². The van der Waals surface area contributed by atoms with Crippen molar-refractivity contribution < 1.29 is 5.11 Å². The second-order valence-corrected chi connectivity index (χ2v) is 3.52. The van der Waals surface area contributed by atoms with Gasteiger partial charge >= 0.3 is 0 Å². The molecule has 1 aromatic heterocycles. The molecule has 0 unspecified atom stereocenters. The number of phenols is 1. The first-order chi connectivity index (χ1) is 7.70. The van der Waals surface area contributed by atoms with Crippen molar-refractivity contribution >= 4 is 5.82 Å². The topological polar surface area (TPSA) is 76.1 Å². The molecule has 5 heteroatoms. The molecular formula is C11H14N4O. The van der Waals surface area contributed by atoms with Gasteiger partial charge in [0.1, 0.15) is 11.6 Å². The lowest BCUT2D eigenvalue weighted by Gasteiger charge is -2.06. The van der Waals surface area contributed by atoms with E-state index in [4.69, 9.17) is 5.73 Å². The molecule has 0 fully saturated rings. The Balaban J connectivity index is 2.42.